The summed E-state index contributed by atoms with van der Waals surface area (Å²) in [4.78, 5) is 5.23. The second-order valence-electron chi connectivity index (χ2n) is 8.13. The van der Waals surface area contributed by atoms with Crippen LogP contribution in [-0.2, 0) is 0 Å². The topological polar surface area (TPSA) is 12.4 Å². The third kappa shape index (κ3) is 2.86. The van der Waals surface area contributed by atoms with Gasteiger partial charge in [-0.15, -0.1) is 0 Å². The van der Waals surface area contributed by atoms with Crippen LogP contribution in [0.5, 0.6) is 0 Å². The highest BCUT2D eigenvalue weighted by Gasteiger charge is 2.52. The van der Waals surface area contributed by atoms with Crippen LogP contribution in [0, 0.1) is 17.3 Å². The number of fused-ring (bicyclic) bond motifs is 1. The first-order valence-corrected chi connectivity index (χ1v) is 9.46. The molecular weight excluding hydrogens is 302 g/mol. The molecule has 0 aliphatic heterocycles. The highest BCUT2D eigenvalue weighted by molar-refractivity contribution is 6.13. The minimum absolute atomic E-state index is 0.165. The maximum atomic E-state index is 5.23. The number of hydrogen-bond acceptors (Lipinski definition) is 1. The molecule has 1 saturated carbocycles. The van der Waals surface area contributed by atoms with Crippen LogP contribution in [-0.4, -0.2) is 5.71 Å². The highest BCUT2D eigenvalue weighted by atomic mass is 14.8. The Morgan fingerprint density at radius 3 is 2.24 bits per heavy atom. The van der Waals surface area contributed by atoms with Crippen LogP contribution in [0.1, 0.15) is 50.8 Å². The molecular formula is C24H27N. The Labute approximate surface area is 151 Å². The minimum Gasteiger partial charge on any atom is -0.277 e. The van der Waals surface area contributed by atoms with Crippen molar-refractivity contribution in [2.45, 2.75) is 39.7 Å². The lowest BCUT2D eigenvalue weighted by atomic mass is 9.48. The fourth-order valence-electron chi connectivity index (χ4n) is 4.53. The van der Waals surface area contributed by atoms with E-state index >= 15 is 0 Å². The molecule has 1 heteroatoms. The maximum absolute atomic E-state index is 5.23. The summed E-state index contributed by atoms with van der Waals surface area (Å²) in [5.74, 6) is 1.50. The maximum Gasteiger partial charge on any atom is 0.0728 e. The summed E-state index contributed by atoms with van der Waals surface area (Å²) in [5.41, 5.74) is 5.61. The predicted octanol–water partition coefficient (Wildman–Crippen LogP) is 6.23. The monoisotopic (exact) mass is 329 g/mol. The minimum atomic E-state index is 0.165. The first kappa shape index (κ1) is 16.3. The zero-order valence-electron chi connectivity index (χ0n) is 15.4. The molecule has 3 aliphatic rings. The van der Waals surface area contributed by atoms with E-state index in [0.717, 1.165) is 5.92 Å². The molecule has 3 unspecified atom stereocenters. The Morgan fingerprint density at radius 2 is 1.64 bits per heavy atom. The van der Waals surface area contributed by atoms with E-state index in [1.165, 1.54) is 35.3 Å². The number of allylic oxidation sites excluding steroid dienone is 2. The van der Waals surface area contributed by atoms with E-state index in [1.54, 1.807) is 0 Å². The molecule has 0 saturated heterocycles. The fourth-order valence-corrected chi connectivity index (χ4v) is 4.53. The second-order valence-corrected chi connectivity index (χ2v) is 8.13. The van der Waals surface area contributed by atoms with Gasteiger partial charge in [-0.05, 0) is 53.7 Å². The van der Waals surface area contributed by atoms with Gasteiger partial charge in [-0.1, -0.05) is 80.6 Å². The van der Waals surface area contributed by atoms with Crippen molar-refractivity contribution in [1.82, 2.24) is 0 Å². The molecule has 3 aliphatic carbocycles. The Morgan fingerprint density at radius 1 is 1.00 bits per heavy atom. The number of rotatable bonds is 4. The molecule has 1 nitrogen and oxygen atoms in total. The van der Waals surface area contributed by atoms with E-state index in [4.69, 9.17) is 4.99 Å². The van der Waals surface area contributed by atoms with Gasteiger partial charge in [0.2, 0.25) is 0 Å². The van der Waals surface area contributed by atoms with E-state index in [-0.39, 0.29) is 6.04 Å². The van der Waals surface area contributed by atoms with Gasteiger partial charge in [0.15, 0.2) is 0 Å². The van der Waals surface area contributed by atoms with Crippen LogP contribution >= 0.6 is 0 Å². The van der Waals surface area contributed by atoms with E-state index in [0.29, 0.717) is 11.3 Å². The summed E-state index contributed by atoms with van der Waals surface area (Å²) in [7, 11) is 0. The van der Waals surface area contributed by atoms with Gasteiger partial charge in [0.25, 0.3) is 0 Å². The molecule has 0 radical (unpaired) electrons. The summed E-state index contributed by atoms with van der Waals surface area (Å²) in [6, 6.07) is 21.5. The van der Waals surface area contributed by atoms with Crippen molar-refractivity contribution in [3.63, 3.8) is 0 Å². The average Bonchev–Trinajstić information content (AvgIpc) is 2.67. The van der Waals surface area contributed by atoms with Gasteiger partial charge in [-0.3, -0.25) is 4.99 Å². The largest absolute Gasteiger partial charge is 0.277 e. The number of nitrogens with zero attached hydrogens (tertiary/aromatic N) is 1. The van der Waals surface area contributed by atoms with E-state index in [2.05, 4.69) is 87.5 Å². The van der Waals surface area contributed by atoms with Crippen molar-refractivity contribution in [3.8, 4) is 0 Å². The standard InChI is InChI=1S/C24H27N/c1-17(18-10-6-4-7-11-18)25-23(19-12-8-5-9-13-19)21-15-14-20-16-22(21)24(20,2)3/h4-13,15,17,20,22H,14,16H2,1-3H3. The number of hydrogen-bond donors (Lipinski definition) is 0. The predicted molar refractivity (Wildman–Crippen MR) is 106 cm³/mol. The van der Waals surface area contributed by atoms with Gasteiger partial charge in [0.05, 0.1) is 11.8 Å². The summed E-state index contributed by atoms with van der Waals surface area (Å²) < 4.78 is 0. The van der Waals surface area contributed by atoms with Crippen LogP contribution < -0.4 is 0 Å². The van der Waals surface area contributed by atoms with Gasteiger partial charge in [-0.25, -0.2) is 0 Å². The van der Waals surface area contributed by atoms with Crippen molar-refractivity contribution >= 4 is 5.71 Å². The first-order chi connectivity index (χ1) is 12.1. The normalized spacial score (nSPS) is 25.7. The SMILES string of the molecule is CC(N=C(C1=CCC2CC1C2(C)C)c1ccccc1)c1ccccc1. The lowest BCUT2D eigenvalue weighted by Crippen LogP contribution is -2.49. The second kappa shape index (κ2) is 6.29. The van der Waals surface area contributed by atoms with Crippen molar-refractivity contribution in [1.29, 1.82) is 0 Å². The zero-order chi connectivity index (χ0) is 17.4. The summed E-state index contributed by atoms with van der Waals surface area (Å²) >= 11 is 0. The molecule has 25 heavy (non-hydrogen) atoms. The molecule has 0 heterocycles. The van der Waals surface area contributed by atoms with Gasteiger partial charge >= 0.3 is 0 Å². The summed E-state index contributed by atoms with van der Waals surface area (Å²) in [6.45, 7) is 7.07. The van der Waals surface area contributed by atoms with Crippen LogP contribution in [0.4, 0.5) is 0 Å². The third-order valence-electron chi connectivity index (χ3n) is 6.39. The van der Waals surface area contributed by atoms with Crippen LogP contribution in [0.25, 0.3) is 0 Å². The molecule has 0 N–H and O–H groups in total. The quantitative estimate of drug-likeness (QED) is 0.590. The molecule has 2 aromatic rings. The summed E-state index contributed by atoms with van der Waals surface area (Å²) in [6.07, 6.45) is 4.99. The molecule has 0 aromatic heterocycles. The molecule has 3 atom stereocenters. The van der Waals surface area contributed by atoms with E-state index in [9.17, 15) is 0 Å². The first-order valence-electron chi connectivity index (χ1n) is 9.46. The highest BCUT2D eigenvalue weighted by Crippen LogP contribution is 2.59. The van der Waals surface area contributed by atoms with Gasteiger partial charge < -0.3 is 0 Å². The molecule has 2 bridgehead atoms. The third-order valence-corrected chi connectivity index (χ3v) is 6.39. The Hall–Kier alpha value is -2.15. The molecule has 128 valence electrons. The lowest BCUT2D eigenvalue weighted by molar-refractivity contribution is -0.00161. The molecule has 0 spiro atoms. The Kier molecular flexibility index (Phi) is 4.11. The smallest absolute Gasteiger partial charge is 0.0728 e. The van der Waals surface area contributed by atoms with Gasteiger partial charge in [0.1, 0.15) is 0 Å². The van der Waals surface area contributed by atoms with E-state index < -0.39 is 0 Å². The van der Waals surface area contributed by atoms with Crippen molar-refractivity contribution in [2.24, 2.45) is 22.2 Å². The van der Waals surface area contributed by atoms with Crippen LogP contribution in [0.3, 0.4) is 0 Å². The fraction of sp³-hybridized carbons (Fsp3) is 0.375. The lowest BCUT2D eigenvalue weighted by Gasteiger charge is -2.56. The van der Waals surface area contributed by atoms with Gasteiger partial charge in [0, 0.05) is 0 Å². The van der Waals surface area contributed by atoms with E-state index in [1.807, 2.05) is 0 Å². The van der Waals surface area contributed by atoms with Crippen molar-refractivity contribution in [2.75, 3.05) is 0 Å². The molecule has 1 fully saturated rings. The molecule has 5 rings (SSSR count). The average molecular weight is 329 g/mol. The molecule has 2 aromatic carbocycles. The van der Waals surface area contributed by atoms with Crippen molar-refractivity contribution in [3.05, 3.63) is 83.4 Å². The Balaban J connectivity index is 1.76. The Bertz CT molecular complexity index is 799. The van der Waals surface area contributed by atoms with Crippen molar-refractivity contribution < 1.29 is 0 Å². The number of benzene rings is 2. The molecule has 0 amide bonds. The van der Waals surface area contributed by atoms with Crippen LogP contribution in [0.15, 0.2) is 77.3 Å². The number of aliphatic imine (C=N–C) groups is 1. The van der Waals surface area contributed by atoms with Crippen LogP contribution in [0.2, 0.25) is 0 Å². The summed E-state index contributed by atoms with van der Waals surface area (Å²) in [5, 5.41) is 0. The van der Waals surface area contributed by atoms with Gasteiger partial charge in [-0.2, -0.15) is 0 Å². The zero-order valence-corrected chi connectivity index (χ0v) is 15.4.